The Kier molecular flexibility index (Phi) is 6.18. The average Bonchev–Trinajstić information content (AvgIpc) is 2.98. The SMILES string of the molecule is Cc1nc(C)c(C(=O)N2CCC3(CC2)CC(OCC(=O)N(C)C)CCO3)s1. The highest BCUT2D eigenvalue weighted by molar-refractivity contribution is 7.13. The normalized spacial score (nSPS) is 22.1. The first-order valence-electron chi connectivity index (χ1n) is 9.49. The minimum absolute atomic E-state index is 0.0221. The molecule has 0 N–H and O–H groups in total. The van der Waals surface area contributed by atoms with Gasteiger partial charge in [-0.25, -0.2) is 4.98 Å². The molecule has 2 aliphatic rings. The number of rotatable bonds is 4. The third kappa shape index (κ3) is 4.67. The average molecular weight is 396 g/mol. The molecule has 0 radical (unpaired) electrons. The Balaban J connectivity index is 1.55. The molecule has 7 nitrogen and oxygen atoms in total. The number of amides is 2. The van der Waals surface area contributed by atoms with Gasteiger partial charge in [0.05, 0.1) is 22.4 Å². The van der Waals surface area contributed by atoms with Gasteiger partial charge in [0.2, 0.25) is 5.91 Å². The summed E-state index contributed by atoms with van der Waals surface area (Å²) in [7, 11) is 3.46. The van der Waals surface area contributed by atoms with Crippen molar-refractivity contribution in [1.29, 1.82) is 0 Å². The van der Waals surface area contributed by atoms with E-state index in [1.165, 1.54) is 11.3 Å². The summed E-state index contributed by atoms with van der Waals surface area (Å²) in [5.41, 5.74) is 0.579. The maximum Gasteiger partial charge on any atom is 0.265 e. The van der Waals surface area contributed by atoms with Crippen LogP contribution in [0.2, 0.25) is 0 Å². The van der Waals surface area contributed by atoms with Gasteiger partial charge in [0.1, 0.15) is 11.5 Å². The molecule has 1 aromatic heterocycles. The number of carbonyl (C=O) groups is 2. The molecule has 1 unspecified atom stereocenters. The van der Waals surface area contributed by atoms with E-state index in [2.05, 4.69) is 4.98 Å². The number of aromatic nitrogens is 1. The summed E-state index contributed by atoms with van der Waals surface area (Å²) < 4.78 is 12.0. The van der Waals surface area contributed by atoms with Crippen LogP contribution in [-0.4, -0.2) is 78.7 Å². The molecule has 27 heavy (non-hydrogen) atoms. The van der Waals surface area contributed by atoms with Gasteiger partial charge in [-0.3, -0.25) is 9.59 Å². The first kappa shape index (κ1) is 20.2. The quantitative estimate of drug-likeness (QED) is 0.780. The van der Waals surface area contributed by atoms with E-state index in [9.17, 15) is 9.59 Å². The molecule has 0 saturated carbocycles. The van der Waals surface area contributed by atoms with Gasteiger partial charge in [-0.15, -0.1) is 11.3 Å². The number of hydrogen-bond donors (Lipinski definition) is 0. The zero-order valence-electron chi connectivity index (χ0n) is 16.6. The molecule has 0 aliphatic carbocycles. The van der Waals surface area contributed by atoms with Crippen LogP contribution in [0.5, 0.6) is 0 Å². The molecule has 1 atom stereocenters. The third-order valence-corrected chi connectivity index (χ3v) is 6.51. The topological polar surface area (TPSA) is 72.0 Å². The van der Waals surface area contributed by atoms with Crippen LogP contribution < -0.4 is 0 Å². The number of carbonyl (C=O) groups excluding carboxylic acids is 2. The fraction of sp³-hybridized carbons (Fsp3) is 0.737. The van der Waals surface area contributed by atoms with E-state index < -0.39 is 0 Å². The van der Waals surface area contributed by atoms with Gasteiger partial charge in [0, 0.05) is 40.2 Å². The van der Waals surface area contributed by atoms with Crippen LogP contribution in [0.1, 0.15) is 46.1 Å². The summed E-state index contributed by atoms with van der Waals surface area (Å²) in [6.45, 7) is 5.93. The first-order valence-corrected chi connectivity index (χ1v) is 10.3. The van der Waals surface area contributed by atoms with Crippen molar-refractivity contribution in [3.63, 3.8) is 0 Å². The van der Waals surface area contributed by atoms with Crippen molar-refractivity contribution in [1.82, 2.24) is 14.8 Å². The van der Waals surface area contributed by atoms with Crippen molar-refractivity contribution in [3.8, 4) is 0 Å². The summed E-state index contributed by atoms with van der Waals surface area (Å²) in [6.07, 6.45) is 3.24. The van der Waals surface area contributed by atoms with Crippen LogP contribution >= 0.6 is 11.3 Å². The van der Waals surface area contributed by atoms with Gasteiger partial charge >= 0.3 is 0 Å². The van der Waals surface area contributed by atoms with E-state index in [1.54, 1.807) is 19.0 Å². The number of ether oxygens (including phenoxy) is 2. The summed E-state index contributed by atoms with van der Waals surface area (Å²) >= 11 is 1.47. The molecule has 2 saturated heterocycles. The molecule has 2 amide bonds. The molecule has 150 valence electrons. The zero-order chi connectivity index (χ0) is 19.6. The van der Waals surface area contributed by atoms with Gasteiger partial charge in [-0.2, -0.15) is 0 Å². The lowest BCUT2D eigenvalue weighted by atomic mass is 9.83. The van der Waals surface area contributed by atoms with E-state index in [1.807, 2.05) is 18.7 Å². The zero-order valence-corrected chi connectivity index (χ0v) is 17.4. The Morgan fingerprint density at radius 2 is 2.04 bits per heavy atom. The monoisotopic (exact) mass is 395 g/mol. The van der Waals surface area contributed by atoms with Crippen molar-refractivity contribution in [2.45, 2.75) is 51.2 Å². The third-order valence-electron chi connectivity index (χ3n) is 5.45. The summed E-state index contributed by atoms with van der Waals surface area (Å²) in [5.74, 6) is 0.0549. The van der Waals surface area contributed by atoms with Crippen molar-refractivity contribution in [2.75, 3.05) is 40.4 Å². The Morgan fingerprint density at radius 3 is 2.63 bits per heavy atom. The Morgan fingerprint density at radius 1 is 1.33 bits per heavy atom. The first-order chi connectivity index (χ1) is 12.8. The highest BCUT2D eigenvalue weighted by atomic mass is 32.1. The van der Waals surface area contributed by atoms with Crippen molar-refractivity contribution in [3.05, 3.63) is 15.6 Å². The van der Waals surface area contributed by atoms with Gasteiger partial charge < -0.3 is 19.3 Å². The van der Waals surface area contributed by atoms with Gasteiger partial charge in [-0.1, -0.05) is 0 Å². The van der Waals surface area contributed by atoms with E-state index in [0.29, 0.717) is 19.7 Å². The van der Waals surface area contributed by atoms with Gasteiger partial charge in [-0.05, 0) is 33.1 Å². The summed E-state index contributed by atoms with van der Waals surface area (Å²) in [6, 6.07) is 0. The predicted molar refractivity (Wildman–Crippen MR) is 103 cm³/mol. The lowest BCUT2D eigenvalue weighted by molar-refractivity contribution is -0.160. The molecule has 3 rings (SSSR count). The lowest BCUT2D eigenvalue weighted by Gasteiger charge is -2.46. The Hall–Kier alpha value is -1.51. The molecule has 8 heteroatoms. The van der Waals surface area contributed by atoms with Crippen LogP contribution in [0.25, 0.3) is 0 Å². The van der Waals surface area contributed by atoms with Gasteiger partial charge in [0.25, 0.3) is 5.91 Å². The lowest BCUT2D eigenvalue weighted by Crippen LogP contribution is -2.52. The van der Waals surface area contributed by atoms with Crippen LogP contribution in [0.15, 0.2) is 0 Å². The fourth-order valence-electron chi connectivity index (χ4n) is 3.78. The van der Waals surface area contributed by atoms with Crippen LogP contribution in [0.4, 0.5) is 0 Å². The van der Waals surface area contributed by atoms with E-state index in [-0.39, 0.29) is 30.1 Å². The minimum Gasteiger partial charge on any atom is -0.375 e. The number of likely N-dealkylation sites (tertiary alicyclic amines) is 1. The van der Waals surface area contributed by atoms with Crippen LogP contribution in [0, 0.1) is 13.8 Å². The molecule has 3 heterocycles. The number of nitrogens with zero attached hydrogens (tertiary/aromatic N) is 3. The maximum absolute atomic E-state index is 12.8. The number of thiazole rings is 1. The molecular formula is C19H29N3O4S. The number of hydrogen-bond acceptors (Lipinski definition) is 6. The minimum atomic E-state index is -0.237. The second-order valence-corrected chi connectivity index (χ2v) is 8.89. The molecule has 1 aromatic rings. The predicted octanol–water partition coefficient (Wildman–Crippen LogP) is 2.02. The molecule has 0 bridgehead atoms. The Bertz CT molecular complexity index is 695. The van der Waals surface area contributed by atoms with Crippen LogP contribution in [0.3, 0.4) is 0 Å². The van der Waals surface area contributed by atoms with Crippen LogP contribution in [-0.2, 0) is 14.3 Å². The van der Waals surface area contributed by atoms with Crippen molar-refractivity contribution < 1.29 is 19.1 Å². The number of aryl methyl sites for hydroxylation is 2. The smallest absolute Gasteiger partial charge is 0.265 e. The van der Waals surface area contributed by atoms with E-state index in [4.69, 9.17) is 9.47 Å². The van der Waals surface area contributed by atoms with Crippen molar-refractivity contribution in [2.24, 2.45) is 0 Å². The number of piperidine rings is 1. The van der Waals surface area contributed by atoms with E-state index in [0.717, 1.165) is 41.3 Å². The second kappa shape index (κ2) is 8.24. The molecule has 1 spiro atoms. The standard InChI is InChI=1S/C19H29N3O4S/c1-13-17(27-14(2)20-13)18(24)22-8-6-19(7-9-22)11-15(5-10-26-19)25-12-16(23)21(3)4/h15H,5-12H2,1-4H3. The van der Waals surface area contributed by atoms with E-state index >= 15 is 0 Å². The summed E-state index contributed by atoms with van der Waals surface area (Å²) in [5, 5.41) is 0.923. The largest absolute Gasteiger partial charge is 0.375 e. The highest BCUT2D eigenvalue weighted by Crippen LogP contribution is 2.36. The number of likely N-dealkylation sites (N-methyl/N-ethyl adjacent to an activating group) is 1. The molecule has 2 fully saturated rings. The highest BCUT2D eigenvalue weighted by Gasteiger charge is 2.42. The molecular weight excluding hydrogens is 366 g/mol. The van der Waals surface area contributed by atoms with Gasteiger partial charge in [0.15, 0.2) is 0 Å². The summed E-state index contributed by atoms with van der Waals surface area (Å²) in [4.78, 5) is 33.1. The fourth-order valence-corrected chi connectivity index (χ4v) is 4.67. The second-order valence-electron chi connectivity index (χ2n) is 7.69. The van der Waals surface area contributed by atoms with Crippen molar-refractivity contribution >= 4 is 23.2 Å². The maximum atomic E-state index is 12.8. The molecule has 2 aliphatic heterocycles. The molecule has 0 aromatic carbocycles. The Labute approximate surface area is 164 Å².